The van der Waals surface area contributed by atoms with Gasteiger partial charge < -0.3 is 10.0 Å². The number of nitrogens with zero attached hydrogens (tertiary/aromatic N) is 1. The lowest BCUT2D eigenvalue weighted by Gasteiger charge is -2.32. The molecule has 2 aliphatic rings. The predicted octanol–water partition coefficient (Wildman–Crippen LogP) is 2.51. The van der Waals surface area contributed by atoms with E-state index in [0.29, 0.717) is 12.8 Å². The summed E-state index contributed by atoms with van der Waals surface area (Å²) >= 11 is 0. The Labute approximate surface area is 116 Å². The lowest BCUT2D eigenvalue weighted by Crippen LogP contribution is -2.43. The number of carbonyl (C=O) groups is 1. The number of rotatable bonds is 2. The van der Waals surface area contributed by atoms with Crippen molar-refractivity contribution in [3.05, 3.63) is 29.3 Å². The second kappa shape index (κ2) is 4.81. The van der Waals surface area contributed by atoms with Crippen molar-refractivity contribution in [2.45, 2.75) is 37.5 Å². The van der Waals surface area contributed by atoms with Gasteiger partial charge in [-0.2, -0.15) is 0 Å². The summed E-state index contributed by atoms with van der Waals surface area (Å²) in [5, 5.41) is 9.11. The quantitative estimate of drug-likeness (QED) is 0.905. The van der Waals surface area contributed by atoms with Gasteiger partial charge in [-0.15, -0.1) is 0 Å². The van der Waals surface area contributed by atoms with Crippen molar-refractivity contribution in [2.75, 3.05) is 18.1 Å². The topological polar surface area (TPSA) is 40.5 Å². The summed E-state index contributed by atoms with van der Waals surface area (Å²) in [4.78, 5) is 13.9. The number of hydrogen-bond donors (Lipinski definition) is 1. The Bertz CT molecular complexity index is 553. The maximum absolute atomic E-state index is 14.3. The van der Waals surface area contributed by atoms with E-state index in [9.17, 15) is 13.6 Å². The maximum atomic E-state index is 14.3. The summed E-state index contributed by atoms with van der Waals surface area (Å²) < 4.78 is 28.4. The molecular weight excluding hydrogens is 264 g/mol. The molecule has 1 N–H and O–H groups in total. The third-order valence-corrected chi connectivity index (χ3v) is 4.51. The van der Waals surface area contributed by atoms with E-state index >= 15 is 0 Å². The van der Waals surface area contributed by atoms with E-state index in [1.54, 1.807) is 0 Å². The zero-order chi connectivity index (χ0) is 14.3. The van der Waals surface area contributed by atoms with Gasteiger partial charge in [0.1, 0.15) is 11.6 Å². The first-order valence-corrected chi connectivity index (χ1v) is 7.03. The van der Waals surface area contributed by atoms with Crippen molar-refractivity contribution in [3.63, 3.8) is 0 Å². The van der Waals surface area contributed by atoms with Crippen molar-refractivity contribution in [3.8, 4) is 0 Å². The van der Waals surface area contributed by atoms with E-state index in [4.69, 9.17) is 5.11 Å². The van der Waals surface area contributed by atoms with Gasteiger partial charge in [0, 0.05) is 12.1 Å². The van der Waals surface area contributed by atoms with Gasteiger partial charge in [-0.05, 0) is 25.0 Å². The van der Waals surface area contributed by atoms with Gasteiger partial charge in [0.25, 0.3) is 0 Å². The molecule has 1 aromatic rings. The van der Waals surface area contributed by atoms with Crippen LogP contribution < -0.4 is 4.90 Å². The lowest BCUT2D eigenvalue weighted by atomic mass is 9.70. The summed E-state index contributed by atoms with van der Waals surface area (Å²) in [7, 11) is 0. The molecule has 1 saturated carbocycles. The number of aliphatic hydroxyl groups is 1. The van der Waals surface area contributed by atoms with Crippen LogP contribution in [0.25, 0.3) is 0 Å². The molecule has 108 valence electrons. The highest BCUT2D eigenvalue weighted by atomic mass is 19.1. The molecule has 3 rings (SSSR count). The van der Waals surface area contributed by atoms with E-state index in [1.807, 2.05) is 0 Å². The van der Waals surface area contributed by atoms with Crippen LogP contribution in [0.4, 0.5) is 14.5 Å². The van der Waals surface area contributed by atoms with Crippen LogP contribution in [-0.4, -0.2) is 24.2 Å². The number of benzene rings is 1. The highest BCUT2D eigenvalue weighted by molar-refractivity contribution is 6.08. The molecule has 0 aromatic heterocycles. The molecule has 5 heteroatoms. The molecule has 0 unspecified atom stereocenters. The summed E-state index contributed by atoms with van der Waals surface area (Å²) in [5.41, 5.74) is -0.684. The largest absolute Gasteiger partial charge is 0.395 e. The molecule has 1 spiro atoms. The van der Waals surface area contributed by atoms with Crippen LogP contribution in [0.2, 0.25) is 0 Å². The number of carbonyl (C=O) groups excluding carboxylic acids is 1. The van der Waals surface area contributed by atoms with Gasteiger partial charge in [-0.1, -0.05) is 19.3 Å². The van der Waals surface area contributed by atoms with Crippen LogP contribution in [-0.2, 0) is 10.2 Å². The summed E-state index contributed by atoms with van der Waals surface area (Å²) in [6.45, 7) is -0.259. The van der Waals surface area contributed by atoms with Gasteiger partial charge in [0.15, 0.2) is 0 Å². The molecule has 0 bridgehead atoms. The summed E-state index contributed by atoms with van der Waals surface area (Å²) in [6.07, 6.45) is 3.81. The van der Waals surface area contributed by atoms with Gasteiger partial charge in [-0.25, -0.2) is 8.78 Å². The number of amides is 1. The van der Waals surface area contributed by atoms with Crippen molar-refractivity contribution in [1.82, 2.24) is 0 Å². The minimum absolute atomic E-state index is 0.00789. The van der Waals surface area contributed by atoms with Crippen LogP contribution in [0.3, 0.4) is 0 Å². The third kappa shape index (κ3) is 1.69. The van der Waals surface area contributed by atoms with E-state index in [1.165, 1.54) is 4.90 Å². The first-order valence-electron chi connectivity index (χ1n) is 7.03. The Kier molecular flexibility index (Phi) is 3.24. The molecule has 0 saturated heterocycles. The molecular formula is C15H17F2NO2. The number of hydrogen-bond acceptors (Lipinski definition) is 2. The molecule has 1 fully saturated rings. The zero-order valence-corrected chi connectivity index (χ0v) is 11.2. The first kappa shape index (κ1) is 13.5. The average molecular weight is 281 g/mol. The number of anilines is 1. The second-order valence-electron chi connectivity index (χ2n) is 5.58. The number of aliphatic hydroxyl groups excluding tert-OH is 1. The molecule has 3 nitrogen and oxygen atoms in total. The van der Waals surface area contributed by atoms with Crippen LogP contribution in [0.1, 0.15) is 37.7 Å². The fourth-order valence-corrected chi connectivity index (χ4v) is 3.66. The molecule has 1 aliphatic heterocycles. The van der Waals surface area contributed by atoms with Gasteiger partial charge in [-0.3, -0.25) is 4.79 Å². The maximum Gasteiger partial charge on any atom is 0.238 e. The molecule has 0 atom stereocenters. The van der Waals surface area contributed by atoms with Crippen LogP contribution in [0.5, 0.6) is 0 Å². The van der Waals surface area contributed by atoms with Crippen molar-refractivity contribution >= 4 is 11.6 Å². The van der Waals surface area contributed by atoms with Crippen molar-refractivity contribution in [1.29, 1.82) is 0 Å². The van der Waals surface area contributed by atoms with Crippen LogP contribution in [0, 0.1) is 11.6 Å². The molecule has 1 aromatic carbocycles. The second-order valence-corrected chi connectivity index (χ2v) is 5.58. The van der Waals surface area contributed by atoms with E-state index in [-0.39, 0.29) is 30.3 Å². The number of fused-ring (bicyclic) bond motifs is 2. The predicted molar refractivity (Wildman–Crippen MR) is 70.6 cm³/mol. The van der Waals surface area contributed by atoms with E-state index in [2.05, 4.69) is 0 Å². The Hall–Kier alpha value is -1.49. The fourth-order valence-electron chi connectivity index (χ4n) is 3.66. The Morgan fingerprint density at radius 3 is 2.45 bits per heavy atom. The Morgan fingerprint density at radius 2 is 1.80 bits per heavy atom. The molecule has 1 aliphatic carbocycles. The zero-order valence-electron chi connectivity index (χ0n) is 11.2. The van der Waals surface area contributed by atoms with E-state index in [0.717, 1.165) is 31.4 Å². The lowest BCUT2D eigenvalue weighted by molar-refractivity contribution is -0.124. The fraction of sp³-hybridized carbons (Fsp3) is 0.533. The van der Waals surface area contributed by atoms with Gasteiger partial charge in [0.2, 0.25) is 5.91 Å². The van der Waals surface area contributed by atoms with Gasteiger partial charge in [0.05, 0.1) is 17.7 Å². The summed E-state index contributed by atoms with van der Waals surface area (Å²) in [6, 6.07) is 2.15. The monoisotopic (exact) mass is 281 g/mol. The minimum atomic E-state index is -0.922. The van der Waals surface area contributed by atoms with Crippen molar-refractivity contribution in [2.24, 2.45) is 0 Å². The highest BCUT2D eigenvalue weighted by Gasteiger charge is 2.53. The average Bonchev–Trinajstić information content (AvgIpc) is 2.68. The van der Waals surface area contributed by atoms with Gasteiger partial charge >= 0.3 is 0 Å². The van der Waals surface area contributed by atoms with E-state index < -0.39 is 17.0 Å². The normalized spacial score (nSPS) is 20.6. The Morgan fingerprint density at radius 1 is 1.15 bits per heavy atom. The summed E-state index contributed by atoms with van der Waals surface area (Å²) in [5.74, 6) is -1.37. The third-order valence-electron chi connectivity index (χ3n) is 4.51. The van der Waals surface area contributed by atoms with Crippen LogP contribution >= 0.6 is 0 Å². The SMILES string of the molecule is O=C1N(CCO)c2c(F)ccc(F)c2C12CCCCC2. The standard InChI is InChI=1S/C15H17F2NO2/c16-10-4-5-11(17)13-12(10)15(6-2-1-3-7-15)14(20)18(13)8-9-19/h4-5,19H,1-3,6-9H2. The number of halogens is 2. The first-order chi connectivity index (χ1) is 9.62. The Balaban J connectivity index is 2.21. The van der Waals surface area contributed by atoms with Crippen LogP contribution in [0.15, 0.2) is 12.1 Å². The smallest absolute Gasteiger partial charge is 0.238 e. The highest BCUT2D eigenvalue weighted by Crippen LogP contribution is 2.51. The molecule has 0 radical (unpaired) electrons. The van der Waals surface area contributed by atoms with Crippen molar-refractivity contribution < 1.29 is 18.7 Å². The molecule has 1 heterocycles. The minimum Gasteiger partial charge on any atom is -0.395 e. The molecule has 1 amide bonds. The molecule has 20 heavy (non-hydrogen) atoms. The number of β-amino-alcohol motifs (C(OH)–C–C–N with tert-alkyl or cyclic N) is 1.